The van der Waals surface area contributed by atoms with Crippen LogP contribution in [0, 0.1) is 0 Å². The molecule has 0 aliphatic heterocycles. The fraction of sp³-hybridized carbons (Fsp3) is 0.333. The van der Waals surface area contributed by atoms with Crippen LogP contribution >= 0.6 is 24.0 Å². The predicted molar refractivity (Wildman–Crippen MR) is 125 cm³/mol. The van der Waals surface area contributed by atoms with E-state index in [4.69, 9.17) is 4.74 Å². The minimum absolute atomic E-state index is 0. The highest BCUT2D eigenvalue weighted by Gasteiger charge is 2.30. The molecule has 6 nitrogen and oxygen atoms in total. The summed E-state index contributed by atoms with van der Waals surface area (Å²) in [6.45, 7) is 3.74. The van der Waals surface area contributed by atoms with Gasteiger partial charge >= 0.3 is 6.18 Å². The number of alkyl halides is 3. The van der Waals surface area contributed by atoms with Gasteiger partial charge in [-0.3, -0.25) is 4.79 Å². The summed E-state index contributed by atoms with van der Waals surface area (Å²) in [5, 5.41) is 8.87. The van der Waals surface area contributed by atoms with Crippen molar-refractivity contribution < 1.29 is 22.7 Å². The highest BCUT2D eigenvalue weighted by Crippen LogP contribution is 2.29. The topological polar surface area (TPSA) is 74.8 Å². The molecule has 2 rings (SSSR count). The smallest absolute Gasteiger partial charge is 0.416 e. The summed E-state index contributed by atoms with van der Waals surface area (Å²) in [6, 6.07) is 11.7. The second-order valence-electron chi connectivity index (χ2n) is 6.30. The van der Waals surface area contributed by atoms with Crippen LogP contribution in [0.15, 0.2) is 53.5 Å². The second-order valence-corrected chi connectivity index (χ2v) is 6.30. The number of rotatable bonds is 8. The number of benzene rings is 2. The normalized spacial score (nSPS) is 11.3. The standard InChI is InChI=1S/C21H25F3N4O2.HI/c1-3-25-20(28-14-15-5-4-6-18(13-15)30-2)27-12-11-26-19(29)16-7-9-17(10-8-16)21(22,23)24;/h4-10,13H,3,11-12,14H2,1-2H3,(H,26,29)(H2,25,27,28);1H. The molecule has 0 radical (unpaired) electrons. The Labute approximate surface area is 196 Å². The molecular weight excluding hydrogens is 524 g/mol. The van der Waals surface area contributed by atoms with E-state index in [1.165, 1.54) is 0 Å². The highest BCUT2D eigenvalue weighted by molar-refractivity contribution is 14.0. The molecule has 0 saturated heterocycles. The minimum Gasteiger partial charge on any atom is -0.497 e. The van der Waals surface area contributed by atoms with Crippen molar-refractivity contribution in [3.8, 4) is 5.75 Å². The highest BCUT2D eigenvalue weighted by atomic mass is 127. The van der Waals surface area contributed by atoms with Crippen LogP contribution in [0.5, 0.6) is 5.75 Å². The monoisotopic (exact) mass is 550 g/mol. The summed E-state index contributed by atoms with van der Waals surface area (Å²) < 4.78 is 42.9. The number of halogens is 4. The number of amides is 1. The molecule has 0 aliphatic carbocycles. The van der Waals surface area contributed by atoms with Crippen molar-refractivity contribution in [2.45, 2.75) is 19.6 Å². The maximum atomic E-state index is 12.6. The fourth-order valence-corrected chi connectivity index (χ4v) is 2.55. The van der Waals surface area contributed by atoms with Crippen LogP contribution in [0.1, 0.15) is 28.4 Å². The van der Waals surface area contributed by atoms with Gasteiger partial charge in [0.2, 0.25) is 0 Å². The number of carbonyl (C=O) groups excluding carboxylic acids is 1. The molecule has 0 heterocycles. The summed E-state index contributed by atoms with van der Waals surface area (Å²) in [5.41, 5.74) is 0.368. The first-order valence-electron chi connectivity index (χ1n) is 9.44. The van der Waals surface area contributed by atoms with E-state index in [0.717, 1.165) is 35.6 Å². The van der Waals surface area contributed by atoms with Gasteiger partial charge in [-0.15, -0.1) is 24.0 Å². The molecule has 2 aromatic carbocycles. The van der Waals surface area contributed by atoms with E-state index < -0.39 is 17.6 Å². The van der Waals surface area contributed by atoms with Crippen LogP contribution in [0.2, 0.25) is 0 Å². The van der Waals surface area contributed by atoms with Gasteiger partial charge in [-0.2, -0.15) is 13.2 Å². The number of guanidine groups is 1. The van der Waals surface area contributed by atoms with Crippen LogP contribution in [0.25, 0.3) is 0 Å². The lowest BCUT2D eigenvalue weighted by molar-refractivity contribution is -0.137. The molecule has 0 bridgehead atoms. The Morgan fingerprint density at radius 2 is 1.71 bits per heavy atom. The van der Waals surface area contributed by atoms with Gasteiger partial charge in [0.05, 0.1) is 19.2 Å². The average Bonchev–Trinajstić information content (AvgIpc) is 2.74. The van der Waals surface area contributed by atoms with Crippen LogP contribution in [-0.2, 0) is 12.7 Å². The molecule has 0 saturated carbocycles. The molecule has 0 spiro atoms. The number of aliphatic imine (C=N–C) groups is 1. The molecule has 0 fully saturated rings. The number of methoxy groups -OCH3 is 1. The molecule has 10 heteroatoms. The van der Waals surface area contributed by atoms with Crippen LogP contribution in [0.4, 0.5) is 13.2 Å². The summed E-state index contributed by atoms with van der Waals surface area (Å²) in [7, 11) is 1.60. The molecule has 0 unspecified atom stereocenters. The Kier molecular flexibility index (Phi) is 11.2. The van der Waals surface area contributed by atoms with E-state index in [1.54, 1.807) is 7.11 Å². The van der Waals surface area contributed by atoms with Gasteiger partial charge < -0.3 is 20.7 Å². The minimum atomic E-state index is -4.42. The fourth-order valence-electron chi connectivity index (χ4n) is 2.55. The van der Waals surface area contributed by atoms with Gasteiger partial charge in [-0.1, -0.05) is 12.1 Å². The van der Waals surface area contributed by atoms with Crippen LogP contribution < -0.4 is 20.7 Å². The molecule has 31 heavy (non-hydrogen) atoms. The van der Waals surface area contributed by atoms with Crippen molar-refractivity contribution in [1.82, 2.24) is 16.0 Å². The predicted octanol–water partition coefficient (Wildman–Crippen LogP) is 3.82. The number of nitrogens with zero attached hydrogens (tertiary/aromatic N) is 1. The zero-order valence-electron chi connectivity index (χ0n) is 17.3. The quantitative estimate of drug-likeness (QED) is 0.202. The van der Waals surface area contributed by atoms with E-state index >= 15 is 0 Å². The second kappa shape index (κ2) is 13.0. The molecule has 170 valence electrons. The van der Waals surface area contributed by atoms with Crippen molar-refractivity contribution >= 4 is 35.8 Å². The molecule has 3 N–H and O–H groups in total. The van der Waals surface area contributed by atoms with E-state index in [9.17, 15) is 18.0 Å². The Hall–Kier alpha value is -2.50. The molecule has 0 aliphatic rings. The number of nitrogens with one attached hydrogen (secondary N) is 3. The van der Waals surface area contributed by atoms with Gasteiger partial charge in [-0.05, 0) is 48.9 Å². The summed E-state index contributed by atoms with van der Waals surface area (Å²) >= 11 is 0. The van der Waals surface area contributed by atoms with E-state index in [-0.39, 0.29) is 36.1 Å². The van der Waals surface area contributed by atoms with Crippen molar-refractivity contribution in [2.75, 3.05) is 26.7 Å². The van der Waals surface area contributed by atoms with Crippen LogP contribution in [0.3, 0.4) is 0 Å². The summed E-state index contributed by atoms with van der Waals surface area (Å²) in [4.78, 5) is 16.6. The molecule has 1 amide bonds. The van der Waals surface area contributed by atoms with Gasteiger partial charge in [0, 0.05) is 25.2 Å². The first-order chi connectivity index (χ1) is 14.3. The Bertz CT molecular complexity index is 858. The van der Waals surface area contributed by atoms with Crippen molar-refractivity contribution in [3.05, 3.63) is 65.2 Å². The maximum Gasteiger partial charge on any atom is 0.416 e. The number of ether oxygens (including phenoxy) is 1. The third-order valence-electron chi connectivity index (χ3n) is 4.08. The lowest BCUT2D eigenvalue weighted by atomic mass is 10.1. The van der Waals surface area contributed by atoms with E-state index in [2.05, 4.69) is 20.9 Å². The van der Waals surface area contributed by atoms with Gasteiger partial charge in [-0.25, -0.2) is 4.99 Å². The lowest BCUT2D eigenvalue weighted by Gasteiger charge is -2.12. The van der Waals surface area contributed by atoms with Crippen molar-refractivity contribution in [2.24, 2.45) is 4.99 Å². The Morgan fingerprint density at radius 3 is 2.32 bits per heavy atom. The molecular formula is C21H26F3IN4O2. The number of hydrogen-bond acceptors (Lipinski definition) is 3. The van der Waals surface area contributed by atoms with Crippen molar-refractivity contribution in [1.29, 1.82) is 0 Å². The van der Waals surface area contributed by atoms with Crippen molar-refractivity contribution in [3.63, 3.8) is 0 Å². The lowest BCUT2D eigenvalue weighted by Crippen LogP contribution is -2.41. The first kappa shape index (κ1) is 26.5. The maximum absolute atomic E-state index is 12.6. The third-order valence-corrected chi connectivity index (χ3v) is 4.08. The van der Waals surface area contributed by atoms with E-state index in [0.29, 0.717) is 25.6 Å². The zero-order chi connectivity index (χ0) is 22.0. The summed E-state index contributed by atoms with van der Waals surface area (Å²) in [5.74, 6) is 0.902. The van der Waals surface area contributed by atoms with E-state index in [1.807, 2.05) is 31.2 Å². The van der Waals surface area contributed by atoms with Crippen LogP contribution in [-0.4, -0.2) is 38.6 Å². The SMILES string of the molecule is CCNC(=NCc1cccc(OC)c1)NCCNC(=O)c1ccc(C(F)(F)F)cc1.I. The zero-order valence-corrected chi connectivity index (χ0v) is 19.6. The number of carbonyl (C=O) groups is 1. The van der Waals surface area contributed by atoms with Gasteiger partial charge in [0.15, 0.2) is 5.96 Å². The third kappa shape index (κ3) is 9.03. The van der Waals surface area contributed by atoms with Gasteiger partial charge in [0.25, 0.3) is 5.91 Å². The first-order valence-corrected chi connectivity index (χ1v) is 9.44. The summed E-state index contributed by atoms with van der Waals surface area (Å²) in [6.07, 6.45) is -4.42. The molecule has 0 aromatic heterocycles. The average molecular weight is 550 g/mol. The Balaban J connectivity index is 0.00000480. The largest absolute Gasteiger partial charge is 0.497 e. The molecule has 0 atom stereocenters. The Morgan fingerprint density at radius 1 is 1.03 bits per heavy atom. The van der Waals surface area contributed by atoms with Gasteiger partial charge in [0.1, 0.15) is 5.75 Å². The number of hydrogen-bond donors (Lipinski definition) is 3. The molecule has 2 aromatic rings.